The first-order chi connectivity index (χ1) is 20.3. The van der Waals surface area contributed by atoms with E-state index in [1.807, 2.05) is 18.2 Å². The van der Waals surface area contributed by atoms with Gasteiger partial charge in [0.1, 0.15) is 23.5 Å². The molecule has 2 unspecified atom stereocenters. The number of methoxy groups -OCH3 is 2. The molecular weight excluding hydrogens is 540 g/mol. The molecular formula is C31H42N4O7. The second-order valence-electron chi connectivity index (χ2n) is 12.0. The maximum Gasteiger partial charge on any atom is 0.328 e. The zero-order chi connectivity index (χ0) is 29.7. The number of hydrogen-bond donors (Lipinski definition) is 4. The lowest BCUT2D eigenvalue weighted by Gasteiger charge is -2.33. The van der Waals surface area contributed by atoms with Crippen LogP contribution in [-0.4, -0.2) is 73.7 Å². The number of benzene rings is 1. The van der Waals surface area contributed by atoms with Crippen LogP contribution in [0.1, 0.15) is 74.7 Å². The molecule has 3 fully saturated rings. The molecule has 1 aromatic heterocycles. The van der Waals surface area contributed by atoms with Gasteiger partial charge < -0.3 is 35.1 Å². The number of H-pyrrole nitrogens is 1. The van der Waals surface area contributed by atoms with E-state index < -0.39 is 35.8 Å². The van der Waals surface area contributed by atoms with Crippen molar-refractivity contribution in [2.75, 3.05) is 27.4 Å². The number of amides is 3. The lowest BCUT2D eigenvalue weighted by Crippen LogP contribution is -2.53. The first-order valence-corrected chi connectivity index (χ1v) is 15.1. The second-order valence-corrected chi connectivity index (χ2v) is 12.0. The molecule has 2 aromatic rings. The molecule has 4 N–H and O–H groups in total. The quantitative estimate of drug-likeness (QED) is 0.315. The minimum absolute atomic E-state index is 0.124. The highest BCUT2D eigenvalue weighted by atomic mass is 16.5. The number of carbonyl (C=O) groups is 4. The van der Waals surface area contributed by atoms with Crippen LogP contribution in [-0.2, 0) is 23.9 Å². The number of rotatable bonds is 10. The maximum atomic E-state index is 13.8. The molecule has 42 heavy (non-hydrogen) atoms. The second kappa shape index (κ2) is 13.1. The van der Waals surface area contributed by atoms with Gasteiger partial charge >= 0.3 is 5.97 Å². The number of ether oxygens (including phenoxy) is 3. The highest BCUT2D eigenvalue weighted by molar-refractivity contribution is 6.01. The Morgan fingerprint density at radius 1 is 1.05 bits per heavy atom. The van der Waals surface area contributed by atoms with Crippen molar-refractivity contribution in [3.63, 3.8) is 0 Å². The Kier molecular flexibility index (Phi) is 9.35. The summed E-state index contributed by atoms with van der Waals surface area (Å²) in [6, 6.07) is 5.34. The molecule has 1 aliphatic carbocycles. The van der Waals surface area contributed by atoms with Crippen molar-refractivity contribution >= 4 is 34.6 Å². The summed E-state index contributed by atoms with van der Waals surface area (Å²) in [5.41, 5.74) is 0.727. The normalized spacial score (nSPS) is 21.9. The molecule has 3 heterocycles. The number of fused-ring (bicyclic) bond motifs is 1. The number of carbonyl (C=O) groups excluding carboxylic acids is 4. The van der Waals surface area contributed by atoms with Crippen molar-refractivity contribution in [3.05, 3.63) is 30.0 Å². The average Bonchev–Trinajstić information content (AvgIpc) is 3.57. The molecule has 3 aliphatic rings. The summed E-state index contributed by atoms with van der Waals surface area (Å²) in [5, 5.41) is 9.64. The van der Waals surface area contributed by atoms with E-state index in [1.54, 1.807) is 13.2 Å². The Morgan fingerprint density at radius 3 is 2.52 bits per heavy atom. The molecule has 2 aliphatic heterocycles. The van der Waals surface area contributed by atoms with Crippen molar-refractivity contribution < 1.29 is 33.4 Å². The van der Waals surface area contributed by atoms with Gasteiger partial charge in [0.05, 0.1) is 14.2 Å². The van der Waals surface area contributed by atoms with Crippen molar-refractivity contribution in [1.29, 1.82) is 0 Å². The summed E-state index contributed by atoms with van der Waals surface area (Å²) >= 11 is 0. The van der Waals surface area contributed by atoms with Crippen LogP contribution in [0.5, 0.6) is 5.75 Å². The number of esters is 1. The summed E-state index contributed by atoms with van der Waals surface area (Å²) in [6.07, 6.45) is 7.91. The first kappa shape index (κ1) is 29.9. The Labute approximate surface area is 245 Å². The number of aromatic nitrogens is 1. The highest BCUT2D eigenvalue weighted by Gasteiger charge is 2.46. The summed E-state index contributed by atoms with van der Waals surface area (Å²) in [5.74, 6) is -1.15. The molecule has 11 nitrogen and oxygen atoms in total. The van der Waals surface area contributed by atoms with E-state index in [9.17, 15) is 19.2 Å². The van der Waals surface area contributed by atoms with Crippen LogP contribution in [0.4, 0.5) is 0 Å². The smallest absolute Gasteiger partial charge is 0.328 e. The minimum Gasteiger partial charge on any atom is -0.496 e. The molecule has 1 aromatic carbocycles. The number of hydrogen-bond acceptors (Lipinski definition) is 7. The van der Waals surface area contributed by atoms with Gasteiger partial charge in [-0.15, -0.1) is 0 Å². The van der Waals surface area contributed by atoms with E-state index in [0.29, 0.717) is 37.5 Å². The van der Waals surface area contributed by atoms with Crippen LogP contribution < -0.4 is 20.7 Å². The third kappa shape index (κ3) is 6.72. The third-order valence-electron chi connectivity index (χ3n) is 9.17. The van der Waals surface area contributed by atoms with E-state index in [1.165, 1.54) is 7.11 Å². The molecule has 0 bridgehead atoms. The molecule has 11 heteroatoms. The minimum atomic E-state index is -1.02. The fraction of sp³-hybridized carbons (Fsp3) is 0.613. The van der Waals surface area contributed by atoms with Gasteiger partial charge in [0, 0.05) is 35.6 Å². The fourth-order valence-electron chi connectivity index (χ4n) is 6.83. The summed E-state index contributed by atoms with van der Waals surface area (Å²) in [6.45, 7) is 1.16. The van der Waals surface area contributed by atoms with Crippen LogP contribution in [0.2, 0.25) is 0 Å². The third-order valence-corrected chi connectivity index (χ3v) is 9.17. The number of nitrogens with one attached hydrogen (secondary N) is 4. The molecule has 1 spiro atoms. The van der Waals surface area contributed by atoms with Crippen molar-refractivity contribution in [2.45, 2.75) is 81.8 Å². The van der Waals surface area contributed by atoms with Gasteiger partial charge in [0.25, 0.3) is 5.91 Å². The largest absolute Gasteiger partial charge is 0.496 e. The monoisotopic (exact) mass is 582 g/mol. The zero-order valence-electron chi connectivity index (χ0n) is 24.5. The Bertz CT molecular complexity index is 1300. The van der Waals surface area contributed by atoms with Gasteiger partial charge in [-0.25, -0.2) is 4.79 Å². The Morgan fingerprint density at radius 2 is 1.81 bits per heavy atom. The lowest BCUT2D eigenvalue weighted by molar-refractivity contribution is -0.146. The Balaban J connectivity index is 1.31. The molecule has 5 rings (SSSR count). The van der Waals surface area contributed by atoms with Gasteiger partial charge in [-0.2, -0.15) is 0 Å². The van der Waals surface area contributed by atoms with E-state index in [2.05, 4.69) is 20.9 Å². The van der Waals surface area contributed by atoms with E-state index in [4.69, 9.17) is 14.2 Å². The van der Waals surface area contributed by atoms with E-state index in [-0.39, 0.29) is 23.8 Å². The number of aromatic amines is 1. The molecule has 0 radical (unpaired) electrons. The predicted octanol–water partition coefficient (Wildman–Crippen LogP) is 2.98. The average molecular weight is 583 g/mol. The molecule has 228 valence electrons. The van der Waals surface area contributed by atoms with Crippen LogP contribution in [0.25, 0.3) is 10.9 Å². The topological polar surface area (TPSA) is 148 Å². The van der Waals surface area contributed by atoms with Crippen molar-refractivity contribution in [2.24, 2.45) is 11.8 Å². The van der Waals surface area contributed by atoms with Crippen LogP contribution >= 0.6 is 0 Å². The molecule has 3 atom stereocenters. The van der Waals surface area contributed by atoms with Crippen LogP contribution in [0.15, 0.2) is 24.3 Å². The Hall–Kier alpha value is -3.60. The maximum absolute atomic E-state index is 13.8. The van der Waals surface area contributed by atoms with Crippen LogP contribution in [0, 0.1) is 11.8 Å². The van der Waals surface area contributed by atoms with E-state index >= 15 is 0 Å². The fourth-order valence-corrected chi connectivity index (χ4v) is 6.83. The van der Waals surface area contributed by atoms with Crippen molar-refractivity contribution in [3.8, 4) is 5.75 Å². The standard InChI is InChI=1S/C31H42N4O7/c1-40-26-10-6-9-22-21(26)17-24(32-22)29(38)33-23(15-19-7-4-3-5-8-19)28(37)34-25(30(39)41-2)16-20-18-31(35-27(20)36)11-13-42-14-12-31/h6,9-10,17,19-20,23,25,32H,3-5,7-8,11-16,18H2,1-2H3,(H,33,38)(H,34,37)(H,35,36)/t20?,23-,25?/m0/s1. The van der Waals surface area contributed by atoms with E-state index in [0.717, 1.165) is 55.8 Å². The summed E-state index contributed by atoms with van der Waals surface area (Å²) in [4.78, 5) is 56.0. The van der Waals surface area contributed by atoms with Gasteiger partial charge in [0.15, 0.2) is 0 Å². The summed E-state index contributed by atoms with van der Waals surface area (Å²) in [7, 11) is 2.84. The van der Waals surface area contributed by atoms with Crippen molar-refractivity contribution in [1.82, 2.24) is 20.9 Å². The first-order valence-electron chi connectivity index (χ1n) is 15.1. The predicted molar refractivity (Wildman–Crippen MR) is 155 cm³/mol. The zero-order valence-corrected chi connectivity index (χ0v) is 24.5. The van der Waals surface area contributed by atoms with Crippen LogP contribution in [0.3, 0.4) is 0 Å². The SMILES string of the molecule is COC(=O)C(CC1CC2(CCOCC2)NC1=O)NC(=O)[C@H](CC1CCCCC1)NC(=O)c1cc2c(OC)cccc2[nH]1. The van der Waals surface area contributed by atoms with Gasteiger partial charge in [-0.3, -0.25) is 14.4 Å². The molecule has 1 saturated carbocycles. The van der Waals surface area contributed by atoms with Gasteiger partial charge in [-0.1, -0.05) is 38.2 Å². The summed E-state index contributed by atoms with van der Waals surface area (Å²) < 4.78 is 15.9. The molecule has 3 amide bonds. The van der Waals surface area contributed by atoms with Gasteiger partial charge in [-0.05, 0) is 56.2 Å². The van der Waals surface area contributed by atoms with Gasteiger partial charge in [0.2, 0.25) is 11.8 Å². The lowest BCUT2D eigenvalue weighted by atomic mass is 9.83. The molecule has 2 saturated heterocycles. The highest BCUT2D eigenvalue weighted by Crippen LogP contribution is 2.36.